The molecule has 2 N–H and O–H groups in total. The zero-order valence-corrected chi connectivity index (χ0v) is 21.2. The molecule has 0 bridgehead atoms. The molecule has 0 radical (unpaired) electrons. The maximum absolute atomic E-state index is 12.8. The number of amides is 1. The number of carbonyl (C=O) groups excluding carboxylic acids is 2. The molecule has 0 spiro atoms. The van der Waals surface area contributed by atoms with E-state index >= 15 is 0 Å². The van der Waals surface area contributed by atoms with Gasteiger partial charge in [-0.3, -0.25) is 13.5 Å². The molecule has 1 unspecified atom stereocenters. The largest absolute Gasteiger partial charge is 0.459 e. The van der Waals surface area contributed by atoms with Gasteiger partial charge >= 0.3 is 11.7 Å². The molecule has 4 atom stereocenters. The number of carbonyl (C=O) groups is 2. The lowest BCUT2D eigenvalue weighted by molar-refractivity contribution is -0.0963. The molecule has 1 fully saturated rings. The minimum absolute atomic E-state index is 0.0463. The molecule has 0 aliphatic carbocycles. The fourth-order valence-corrected chi connectivity index (χ4v) is 4.66. The van der Waals surface area contributed by atoms with Gasteiger partial charge in [0.25, 0.3) is 16.0 Å². The second kappa shape index (κ2) is 10.8. The maximum atomic E-state index is 12.8. The van der Waals surface area contributed by atoms with Crippen molar-refractivity contribution in [2.45, 2.75) is 31.0 Å². The van der Waals surface area contributed by atoms with Crippen LogP contribution in [0.3, 0.4) is 0 Å². The van der Waals surface area contributed by atoms with Crippen molar-refractivity contribution in [3.05, 3.63) is 94.5 Å². The highest BCUT2D eigenvalue weighted by Gasteiger charge is 2.56. The topological polar surface area (TPSA) is 163 Å². The number of ether oxygens (including phenoxy) is 2. The third kappa shape index (κ3) is 6.14. The van der Waals surface area contributed by atoms with Crippen LogP contribution in [-0.2, 0) is 23.8 Å². The summed E-state index contributed by atoms with van der Waals surface area (Å²) in [6.07, 6.45) is -2.24. The molecule has 2 aromatic carbocycles. The lowest BCUT2D eigenvalue weighted by atomic mass is 9.96. The van der Waals surface area contributed by atoms with E-state index in [1.807, 2.05) is 0 Å². The molecule has 1 saturated heterocycles. The Hall–Kier alpha value is -3.91. The molecule has 2 heterocycles. The van der Waals surface area contributed by atoms with Gasteiger partial charge in [0.2, 0.25) is 0 Å². The molecule has 3 aromatic rings. The monoisotopic (exact) mass is 543 g/mol. The molecule has 12 nitrogen and oxygen atoms in total. The molecule has 4 rings (SSSR count). The van der Waals surface area contributed by atoms with E-state index in [2.05, 4.69) is 10.3 Å². The highest BCUT2D eigenvalue weighted by atomic mass is 32.2. The van der Waals surface area contributed by atoms with Crippen molar-refractivity contribution in [1.82, 2.24) is 9.55 Å². The Labute approximate surface area is 217 Å². The standard InChI is InChI=1S/C25H25N3O9S/c1-25(32)20(37-38(2,33)34)18(15-35-22(30)17-11-7-4-8-12-17)36-23(25)28-14-13-19(27-24(28)31)26-21(29)16-9-5-3-6-10-16/h3-14,18,20,23,32H,15H2,1-2H3,(H,26,27,29,31)/t18-,20?,23-,25+/m1/s1. The number of aliphatic hydroxyl groups is 1. The van der Waals surface area contributed by atoms with Crippen LogP contribution in [0.5, 0.6) is 0 Å². The Morgan fingerprint density at radius 1 is 1.08 bits per heavy atom. The van der Waals surface area contributed by atoms with E-state index in [1.54, 1.807) is 48.5 Å². The summed E-state index contributed by atoms with van der Waals surface area (Å²) >= 11 is 0. The van der Waals surface area contributed by atoms with E-state index < -0.39 is 58.3 Å². The SMILES string of the molecule is C[C@]1(O)C(OS(C)(=O)=O)[C@@H](COC(=O)c2ccccc2)O[C@H]1n1ccc(NC(=O)c2ccccc2)nc1=O. The summed E-state index contributed by atoms with van der Waals surface area (Å²) in [5.74, 6) is -1.23. The second-order valence-corrected chi connectivity index (χ2v) is 10.4. The van der Waals surface area contributed by atoms with Crippen molar-refractivity contribution in [3.63, 3.8) is 0 Å². The second-order valence-electron chi connectivity index (χ2n) is 8.76. The zero-order valence-electron chi connectivity index (χ0n) is 20.4. The normalized spacial score (nSPS) is 23.1. The Bertz CT molecular complexity index is 1470. The van der Waals surface area contributed by atoms with Crippen LogP contribution < -0.4 is 11.0 Å². The predicted molar refractivity (Wildman–Crippen MR) is 134 cm³/mol. The first-order valence-electron chi connectivity index (χ1n) is 11.4. The minimum atomic E-state index is -4.10. The summed E-state index contributed by atoms with van der Waals surface area (Å²) in [7, 11) is -4.10. The highest BCUT2D eigenvalue weighted by molar-refractivity contribution is 7.86. The maximum Gasteiger partial charge on any atom is 0.351 e. The van der Waals surface area contributed by atoms with Crippen LogP contribution in [0.4, 0.5) is 5.82 Å². The Kier molecular flexibility index (Phi) is 7.73. The lowest BCUT2D eigenvalue weighted by Crippen LogP contribution is -2.48. The summed E-state index contributed by atoms with van der Waals surface area (Å²) < 4.78 is 41.0. The van der Waals surface area contributed by atoms with Crippen LogP contribution >= 0.6 is 0 Å². The van der Waals surface area contributed by atoms with Gasteiger partial charge in [-0.25, -0.2) is 9.59 Å². The molecule has 38 heavy (non-hydrogen) atoms. The van der Waals surface area contributed by atoms with Gasteiger partial charge in [0.15, 0.2) is 6.23 Å². The fraction of sp³-hybridized carbons (Fsp3) is 0.280. The number of rotatable bonds is 8. The van der Waals surface area contributed by atoms with E-state index in [9.17, 15) is 27.9 Å². The van der Waals surface area contributed by atoms with Crippen molar-refractivity contribution in [3.8, 4) is 0 Å². The van der Waals surface area contributed by atoms with Gasteiger partial charge in [0.05, 0.1) is 11.8 Å². The number of hydrogen-bond acceptors (Lipinski definition) is 10. The van der Waals surface area contributed by atoms with E-state index in [4.69, 9.17) is 13.7 Å². The number of nitrogens with zero attached hydrogens (tertiary/aromatic N) is 2. The number of aromatic nitrogens is 2. The summed E-state index contributed by atoms with van der Waals surface area (Å²) in [6, 6.07) is 17.7. The quantitative estimate of drug-likeness (QED) is 0.313. The van der Waals surface area contributed by atoms with Crippen molar-refractivity contribution >= 4 is 27.8 Å². The molecule has 0 saturated carbocycles. The lowest BCUT2D eigenvalue weighted by Gasteiger charge is -2.29. The molecule has 1 aromatic heterocycles. The third-order valence-electron chi connectivity index (χ3n) is 5.74. The van der Waals surface area contributed by atoms with Gasteiger partial charge in [-0.1, -0.05) is 36.4 Å². The Morgan fingerprint density at radius 3 is 2.26 bits per heavy atom. The summed E-state index contributed by atoms with van der Waals surface area (Å²) in [4.78, 5) is 41.4. The summed E-state index contributed by atoms with van der Waals surface area (Å²) in [6.45, 7) is 0.748. The van der Waals surface area contributed by atoms with Crippen molar-refractivity contribution in [1.29, 1.82) is 0 Å². The van der Waals surface area contributed by atoms with Gasteiger partial charge in [0, 0.05) is 11.8 Å². The van der Waals surface area contributed by atoms with Gasteiger partial charge in [0.1, 0.15) is 30.2 Å². The smallest absolute Gasteiger partial charge is 0.351 e. The summed E-state index contributed by atoms with van der Waals surface area (Å²) in [5, 5.41) is 13.8. The number of esters is 1. The van der Waals surface area contributed by atoms with Gasteiger partial charge < -0.3 is 19.9 Å². The average molecular weight is 544 g/mol. The number of anilines is 1. The zero-order chi connectivity index (χ0) is 27.5. The van der Waals surface area contributed by atoms with Crippen molar-refractivity contribution < 1.29 is 36.8 Å². The van der Waals surface area contributed by atoms with Crippen LogP contribution in [0.15, 0.2) is 77.7 Å². The first-order chi connectivity index (χ1) is 18.0. The van der Waals surface area contributed by atoms with Crippen molar-refractivity contribution in [2.24, 2.45) is 0 Å². The van der Waals surface area contributed by atoms with Gasteiger partial charge in [-0.15, -0.1) is 0 Å². The van der Waals surface area contributed by atoms with E-state index in [1.165, 1.54) is 31.3 Å². The number of nitrogens with one attached hydrogen (secondary N) is 1. The van der Waals surface area contributed by atoms with E-state index in [0.717, 1.165) is 10.8 Å². The number of benzene rings is 2. The first kappa shape index (κ1) is 27.1. The van der Waals surface area contributed by atoms with E-state index in [-0.39, 0.29) is 11.4 Å². The molecule has 1 aliphatic heterocycles. The molecule has 1 amide bonds. The highest BCUT2D eigenvalue weighted by Crippen LogP contribution is 2.40. The molecule has 13 heteroatoms. The molecular formula is C25H25N3O9S. The Balaban J connectivity index is 1.56. The fourth-order valence-electron chi connectivity index (χ4n) is 3.97. The van der Waals surface area contributed by atoms with Crippen LogP contribution in [0.25, 0.3) is 0 Å². The molecule has 1 aliphatic rings. The number of hydrogen-bond donors (Lipinski definition) is 2. The minimum Gasteiger partial charge on any atom is -0.459 e. The predicted octanol–water partition coefficient (Wildman–Crippen LogP) is 1.35. The third-order valence-corrected chi connectivity index (χ3v) is 6.30. The first-order valence-corrected chi connectivity index (χ1v) is 13.2. The van der Waals surface area contributed by atoms with Crippen molar-refractivity contribution in [2.75, 3.05) is 18.2 Å². The Morgan fingerprint density at radius 2 is 1.68 bits per heavy atom. The molecule has 200 valence electrons. The van der Waals surface area contributed by atoms with Crippen LogP contribution in [0.2, 0.25) is 0 Å². The van der Waals surface area contributed by atoms with Crippen LogP contribution in [0.1, 0.15) is 33.9 Å². The van der Waals surface area contributed by atoms with E-state index in [0.29, 0.717) is 5.56 Å². The van der Waals surface area contributed by atoms with Gasteiger partial charge in [-0.2, -0.15) is 13.4 Å². The van der Waals surface area contributed by atoms with Gasteiger partial charge in [-0.05, 0) is 37.3 Å². The molecular weight excluding hydrogens is 518 g/mol. The summed E-state index contributed by atoms with van der Waals surface area (Å²) in [5.41, 5.74) is -2.37. The van der Waals surface area contributed by atoms with Crippen LogP contribution in [0, 0.1) is 0 Å². The average Bonchev–Trinajstić information content (AvgIpc) is 3.11. The van der Waals surface area contributed by atoms with Crippen LogP contribution in [-0.4, -0.2) is 65.6 Å².